The molecule has 4 heteroatoms. The predicted molar refractivity (Wildman–Crippen MR) is 125 cm³/mol. The smallest absolute Gasteiger partial charge is 0.258 e. The summed E-state index contributed by atoms with van der Waals surface area (Å²) in [4.78, 5) is 15.5. The molecule has 0 saturated carbocycles. The molecule has 3 aromatic carbocycles. The van der Waals surface area contributed by atoms with Gasteiger partial charge in [0.25, 0.3) is 5.91 Å². The summed E-state index contributed by atoms with van der Waals surface area (Å²) in [5, 5.41) is 3.64. The summed E-state index contributed by atoms with van der Waals surface area (Å²) in [5.41, 5.74) is 3.17. The Morgan fingerprint density at radius 3 is 2.35 bits per heavy atom. The lowest BCUT2D eigenvalue weighted by Crippen LogP contribution is -2.56. The molecule has 160 valence electrons. The Morgan fingerprint density at radius 1 is 0.968 bits per heavy atom. The van der Waals surface area contributed by atoms with Gasteiger partial charge in [0.2, 0.25) is 0 Å². The van der Waals surface area contributed by atoms with Crippen molar-refractivity contribution < 1.29 is 9.53 Å². The van der Waals surface area contributed by atoms with Crippen LogP contribution in [0.1, 0.15) is 48.7 Å². The molecule has 0 fully saturated rings. The van der Waals surface area contributed by atoms with Gasteiger partial charge in [0.15, 0.2) is 0 Å². The largest absolute Gasteiger partial charge is 0.491 e. The number of benzene rings is 3. The normalized spacial score (nSPS) is 18.8. The van der Waals surface area contributed by atoms with Crippen LogP contribution in [0, 0.1) is 0 Å². The van der Waals surface area contributed by atoms with E-state index in [4.69, 9.17) is 4.74 Å². The monoisotopic (exact) mass is 414 g/mol. The van der Waals surface area contributed by atoms with Crippen molar-refractivity contribution in [3.63, 3.8) is 0 Å². The van der Waals surface area contributed by atoms with Crippen molar-refractivity contribution in [1.82, 2.24) is 4.90 Å². The van der Waals surface area contributed by atoms with Crippen molar-refractivity contribution in [1.29, 1.82) is 0 Å². The molecular weight excluding hydrogens is 384 g/mol. The second-order valence-electron chi connectivity index (χ2n) is 8.30. The van der Waals surface area contributed by atoms with Gasteiger partial charge in [-0.15, -0.1) is 0 Å². The molecule has 0 radical (unpaired) electrons. The van der Waals surface area contributed by atoms with Gasteiger partial charge in [0.05, 0.1) is 11.7 Å². The Bertz CT molecular complexity index is 1030. The molecule has 1 aliphatic heterocycles. The number of ether oxygens (including phenoxy) is 1. The summed E-state index contributed by atoms with van der Waals surface area (Å²) >= 11 is 0. The number of hydrogen-bond acceptors (Lipinski definition) is 3. The van der Waals surface area contributed by atoms with E-state index in [9.17, 15) is 4.79 Å². The van der Waals surface area contributed by atoms with Crippen molar-refractivity contribution in [3.8, 4) is 5.75 Å². The molecule has 2 unspecified atom stereocenters. The fourth-order valence-corrected chi connectivity index (χ4v) is 4.07. The maximum atomic E-state index is 13.5. The van der Waals surface area contributed by atoms with E-state index in [1.54, 1.807) is 0 Å². The van der Waals surface area contributed by atoms with Gasteiger partial charge < -0.3 is 15.0 Å². The molecule has 4 rings (SSSR count). The number of rotatable bonds is 7. The third-order valence-electron chi connectivity index (χ3n) is 6.12. The Labute approximate surface area is 184 Å². The highest BCUT2D eigenvalue weighted by Crippen LogP contribution is 2.38. The van der Waals surface area contributed by atoms with E-state index in [1.807, 2.05) is 59.5 Å². The second-order valence-corrected chi connectivity index (χ2v) is 8.30. The topological polar surface area (TPSA) is 41.6 Å². The minimum absolute atomic E-state index is 0.0488. The van der Waals surface area contributed by atoms with E-state index in [-0.39, 0.29) is 12.0 Å². The lowest BCUT2D eigenvalue weighted by atomic mass is 9.93. The summed E-state index contributed by atoms with van der Waals surface area (Å²) in [6.07, 6.45) is 1.92. The zero-order valence-corrected chi connectivity index (χ0v) is 18.5. The number of carbonyl (C=O) groups is 1. The van der Waals surface area contributed by atoms with E-state index in [2.05, 4.69) is 50.4 Å². The van der Waals surface area contributed by atoms with Crippen molar-refractivity contribution in [2.45, 2.75) is 45.4 Å². The molecule has 1 aliphatic rings. The molecular formula is C27H30N2O2. The lowest BCUT2D eigenvalue weighted by Gasteiger charge is -2.47. The van der Waals surface area contributed by atoms with E-state index in [1.165, 1.54) is 5.56 Å². The summed E-state index contributed by atoms with van der Waals surface area (Å²) in [6.45, 7) is 6.88. The maximum Gasteiger partial charge on any atom is 0.258 e. The standard InChI is InChI=1S/C27H30N2O2/c1-4-20(2)31-23-16-14-22(15-17-23)27(3)28-25-13-9-8-12-24(25)26(30)29(27)19-18-21-10-6-5-7-11-21/h5-17,20,28H,4,18-19H2,1-3H3. The van der Waals surface area contributed by atoms with Crippen LogP contribution in [0.3, 0.4) is 0 Å². The molecule has 4 nitrogen and oxygen atoms in total. The van der Waals surface area contributed by atoms with E-state index >= 15 is 0 Å². The fraction of sp³-hybridized carbons (Fsp3) is 0.296. The second kappa shape index (κ2) is 8.84. The molecule has 0 aliphatic carbocycles. The van der Waals surface area contributed by atoms with Crippen LogP contribution < -0.4 is 10.1 Å². The molecule has 1 N–H and O–H groups in total. The highest BCUT2D eigenvalue weighted by Gasteiger charge is 2.42. The Morgan fingerprint density at radius 2 is 1.65 bits per heavy atom. The molecule has 1 heterocycles. The van der Waals surface area contributed by atoms with Crippen LogP contribution in [0.5, 0.6) is 5.75 Å². The summed E-state index contributed by atoms with van der Waals surface area (Å²) in [6, 6.07) is 26.1. The number of nitrogens with zero attached hydrogens (tertiary/aromatic N) is 1. The number of hydrogen-bond donors (Lipinski definition) is 1. The van der Waals surface area contributed by atoms with Crippen LogP contribution in [-0.4, -0.2) is 23.5 Å². The van der Waals surface area contributed by atoms with Crippen molar-refractivity contribution in [2.75, 3.05) is 11.9 Å². The Hall–Kier alpha value is -3.27. The van der Waals surface area contributed by atoms with Crippen LogP contribution in [0.25, 0.3) is 0 Å². The third-order valence-corrected chi connectivity index (χ3v) is 6.12. The van der Waals surface area contributed by atoms with Crippen LogP contribution >= 0.6 is 0 Å². The van der Waals surface area contributed by atoms with Crippen LogP contribution in [-0.2, 0) is 12.1 Å². The highest BCUT2D eigenvalue weighted by molar-refractivity contribution is 6.02. The quantitative estimate of drug-likeness (QED) is 0.527. The van der Waals surface area contributed by atoms with Crippen molar-refractivity contribution >= 4 is 11.6 Å². The number of anilines is 1. The molecule has 31 heavy (non-hydrogen) atoms. The van der Waals surface area contributed by atoms with E-state index in [0.29, 0.717) is 12.1 Å². The summed E-state index contributed by atoms with van der Waals surface area (Å²) < 4.78 is 5.95. The molecule has 1 amide bonds. The highest BCUT2D eigenvalue weighted by atomic mass is 16.5. The zero-order chi connectivity index (χ0) is 21.8. The number of para-hydroxylation sites is 1. The van der Waals surface area contributed by atoms with Crippen LogP contribution in [0.2, 0.25) is 0 Å². The zero-order valence-electron chi connectivity index (χ0n) is 18.5. The van der Waals surface area contributed by atoms with Crippen LogP contribution in [0.4, 0.5) is 5.69 Å². The predicted octanol–water partition coefficient (Wildman–Crippen LogP) is 5.85. The Kier molecular flexibility index (Phi) is 5.99. The molecule has 0 bridgehead atoms. The van der Waals surface area contributed by atoms with Gasteiger partial charge in [-0.3, -0.25) is 4.79 Å². The van der Waals surface area contributed by atoms with Gasteiger partial charge in [-0.25, -0.2) is 0 Å². The number of carbonyl (C=O) groups excluding carboxylic acids is 1. The average molecular weight is 415 g/mol. The minimum atomic E-state index is -0.658. The molecule has 2 atom stereocenters. The first kappa shape index (κ1) is 21.0. The van der Waals surface area contributed by atoms with Crippen molar-refractivity contribution in [3.05, 3.63) is 95.6 Å². The van der Waals surface area contributed by atoms with Gasteiger partial charge >= 0.3 is 0 Å². The van der Waals surface area contributed by atoms with E-state index in [0.717, 1.165) is 29.8 Å². The molecule has 0 spiro atoms. The first-order valence-electron chi connectivity index (χ1n) is 11.0. The van der Waals surface area contributed by atoms with Gasteiger partial charge in [0.1, 0.15) is 11.4 Å². The number of amides is 1. The number of fused-ring (bicyclic) bond motifs is 1. The molecule has 3 aromatic rings. The average Bonchev–Trinajstić information content (AvgIpc) is 2.80. The number of nitrogens with one attached hydrogen (secondary N) is 1. The van der Waals surface area contributed by atoms with Gasteiger partial charge in [-0.1, -0.05) is 61.5 Å². The Balaban J connectivity index is 1.67. The third kappa shape index (κ3) is 4.29. The molecule has 0 aromatic heterocycles. The van der Waals surface area contributed by atoms with Crippen LogP contribution in [0.15, 0.2) is 78.9 Å². The minimum Gasteiger partial charge on any atom is -0.491 e. The first-order chi connectivity index (χ1) is 15.0. The SMILES string of the molecule is CCC(C)Oc1ccc(C2(C)Nc3ccccc3C(=O)N2CCc2ccccc2)cc1. The summed E-state index contributed by atoms with van der Waals surface area (Å²) in [7, 11) is 0. The van der Waals surface area contributed by atoms with Gasteiger partial charge in [-0.05, 0) is 62.1 Å². The first-order valence-corrected chi connectivity index (χ1v) is 11.0. The van der Waals surface area contributed by atoms with Gasteiger partial charge in [-0.2, -0.15) is 0 Å². The lowest BCUT2D eigenvalue weighted by molar-refractivity contribution is 0.0539. The maximum absolute atomic E-state index is 13.5. The van der Waals surface area contributed by atoms with E-state index < -0.39 is 5.66 Å². The van der Waals surface area contributed by atoms with Crippen molar-refractivity contribution in [2.24, 2.45) is 0 Å². The fourth-order valence-electron chi connectivity index (χ4n) is 4.07. The summed E-state index contributed by atoms with van der Waals surface area (Å²) in [5.74, 6) is 0.896. The van der Waals surface area contributed by atoms with Gasteiger partial charge in [0, 0.05) is 12.2 Å². The molecule has 0 saturated heterocycles.